The molecule has 0 aliphatic carbocycles. The summed E-state index contributed by atoms with van der Waals surface area (Å²) in [6.07, 6.45) is -0.747. The van der Waals surface area contributed by atoms with Crippen LogP contribution in [0, 0.1) is 0 Å². The number of benzene rings is 2. The molecule has 0 saturated heterocycles. The van der Waals surface area contributed by atoms with Crippen LogP contribution < -0.4 is 5.73 Å². The first-order valence-corrected chi connectivity index (χ1v) is 4.65. The Balaban J connectivity index is 2.26. The van der Waals surface area contributed by atoms with Crippen LogP contribution in [-0.2, 0) is 11.3 Å². The Kier molecular flexibility index (Phi) is 2.54. The molecular formula is C12H11NO2. The number of rotatable bonds is 2. The summed E-state index contributed by atoms with van der Waals surface area (Å²) in [4.78, 5) is 10.4. The molecule has 0 spiro atoms. The molecule has 3 heteroatoms. The summed E-state index contributed by atoms with van der Waals surface area (Å²) in [6, 6.07) is 13.9. The molecule has 0 aromatic heterocycles. The average molecular weight is 201 g/mol. The van der Waals surface area contributed by atoms with Gasteiger partial charge < -0.3 is 10.5 Å². The zero-order valence-electron chi connectivity index (χ0n) is 8.14. The predicted molar refractivity (Wildman–Crippen MR) is 58.3 cm³/mol. The van der Waals surface area contributed by atoms with E-state index >= 15 is 0 Å². The van der Waals surface area contributed by atoms with Gasteiger partial charge in [0.15, 0.2) is 0 Å². The first kappa shape index (κ1) is 9.52. The van der Waals surface area contributed by atoms with Gasteiger partial charge >= 0.3 is 6.09 Å². The van der Waals surface area contributed by atoms with Crippen molar-refractivity contribution in [2.24, 2.45) is 5.73 Å². The molecule has 0 aliphatic heterocycles. The molecule has 0 aliphatic rings. The number of carbonyl (C=O) groups excluding carboxylic acids is 1. The molecule has 0 atom stereocenters. The van der Waals surface area contributed by atoms with Crippen LogP contribution in [-0.4, -0.2) is 6.09 Å². The molecule has 0 fully saturated rings. The fourth-order valence-corrected chi connectivity index (χ4v) is 1.48. The largest absolute Gasteiger partial charge is 0.445 e. The van der Waals surface area contributed by atoms with Crippen molar-refractivity contribution in [1.29, 1.82) is 0 Å². The van der Waals surface area contributed by atoms with Crippen LogP contribution in [0.4, 0.5) is 4.79 Å². The number of primary amides is 1. The quantitative estimate of drug-likeness (QED) is 0.811. The van der Waals surface area contributed by atoms with Crippen LogP contribution in [0.15, 0.2) is 42.5 Å². The topological polar surface area (TPSA) is 52.3 Å². The minimum absolute atomic E-state index is 0.222. The summed E-state index contributed by atoms with van der Waals surface area (Å²) in [5.74, 6) is 0. The molecule has 2 N–H and O–H groups in total. The third kappa shape index (κ3) is 2.26. The number of carbonyl (C=O) groups is 1. The second kappa shape index (κ2) is 4.00. The number of ether oxygens (including phenoxy) is 1. The van der Waals surface area contributed by atoms with E-state index in [-0.39, 0.29) is 6.61 Å². The normalized spacial score (nSPS) is 10.1. The third-order valence-corrected chi connectivity index (χ3v) is 2.19. The van der Waals surface area contributed by atoms with Crippen molar-refractivity contribution in [2.45, 2.75) is 6.61 Å². The van der Waals surface area contributed by atoms with E-state index < -0.39 is 6.09 Å². The molecule has 76 valence electrons. The Hall–Kier alpha value is -2.03. The molecule has 2 aromatic carbocycles. The van der Waals surface area contributed by atoms with Crippen LogP contribution in [0.3, 0.4) is 0 Å². The van der Waals surface area contributed by atoms with E-state index in [1.807, 2.05) is 42.5 Å². The Morgan fingerprint density at radius 1 is 1.13 bits per heavy atom. The monoisotopic (exact) mass is 201 g/mol. The number of nitrogens with two attached hydrogens (primary N) is 1. The Labute approximate surface area is 87.5 Å². The van der Waals surface area contributed by atoms with Gasteiger partial charge in [0.05, 0.1) is 0 Å². The summed E-state index contributed by atoms with van der Waals surface area (Å²) < 4.78 is 4.72. The predicted octanol–water partition coefficient (Wildman–Crippen LogP) is 2.44. The molecule has 0 heterocycles. The van der Waals surface area contributed by atoms with E-state index in [4.69, 9.17) is 10.5 Å². The van der Waals surface area contributed by atoms with Crippen molar-refractivity contribution in [3.8, 4) is 0 Å². The van der Waals surface area contributed by atoms with Gasteiger partial charge in [0, 0.05) is 0 Å². The fraction of sp³-hybridized carbons (Fsp3) is 0.0833. The summed E-state index contributed by atoms with van der Waals surface area (Å²) in [6.45, 7) is 0.222. The van der Waals surface area contributed by atoms with Gasteiger partial charge in [-0.2, -0.15) is 0 Å². The Morgan fingerprint density at radius 3 is 2.60 bits per heavy atom. The maximum Gasteiger partial charge on any atom is 0.404 e. The minimum atomic E-state index is -0.747. The Bertz CT molecular complexity index is 494. The molecular weight excluding hydrogens is 190 g/mol. The molecule has 3 nitrogen and oxygen atoms in total. The Morgan fingerprint density at radius 2 is 1.87 bits per heavy atom. The summed E-state index contributed by atoms with van der Waals surface area (Å²) in [7, 11) is 0. The van der Waals surface area contributed by atoms with Gasteiger partial charge in [0.1, 0.15) is 6.61 Å². The molecule has 1 amide bonds. The highest BCUT2D eigenvalue weighted by molar-refractivity contribution is 5.83. The molecule has 2 rings (SSSR count). The van der Waals surface area contributed by atoms with Crippen molar-refractivity contribution in [3.63, 3.8) is 0 Å². The van der Waals surface area contributed by atoms with Gasteiger partial charge in [-0.05, 0) is 22.4 Å². The van der Waals surface area contributed by atoms with Gasteiger partial charge in [-0.3, -0.25) is 0 Å². The highest BCUT2D eigenvalue weighted by Crippen LogP contribution is 2.15. The average Bonchev–Trinajstić information content (AvgIpc) is 2.26. The zero-order valence-corrected chi connectivity index (χ0v) is 8.14. The second-order valence-electron chi connectivity index (χ2n) is 3.29. The smallest absolute Gasteiger partial charge is 0.404 e. The van der Waals surface area contributed by atoms with E-state index in [9.17, 15) is 4.79 Å². The van der Waals surface area contributed by atoms with Crippen LogP contribution >= 0.6 is 0 Å². The first-order valence-electron chi connectivity index (χ1n) is 4.65. The van der Waals surface area contributed by atoms with E-state index in [1.165, 1.54) is 5.39 Å². The lowest BCUT2D eigenvalue weighted by Gasteiger charge is -2.03. The van der Waals surface area contributed by atoms with E-state index in [2.05, 4.69) is 0 Å². The van der Waals surface area contributed by atoms with Crippen molar-refractivity contribution < 1.29 is 9.53 Å². The standard InChI is InChI=1S/C12H11NO2/c13-12(14)15-8-9-5-6-10-3-1-2-4-11(10)7-9/h1-7H,8H2,(H2,13,14). The SMILES string of the molecule is NC(=O)OCc1ccc2ccccc2c1. The van der Waals surface area contributed by atoms with Gasteiger partial charge in [-0.1, -0.05) is 36.4 Å². The highest BCUT2D eigenvalue weighted by atomic mass is 16.5. The van der Waals surface area contributed by atoms with Crippen LogP contribution in [0.25, 0.3) is 10.8 Å². The van der Waals surface area contributed by atoms with E-state index in [1.54, 1.807) is 0 Å². The molecule has 15 heavy (non-hydrogen) atoms. The van der Waals surface area contributed by atoms with Crippen LogP contribution in [0.2, 0.25) is 0 Å². The number of fused-ring (bicyclic) bond motifs is 1. The van der Waals surface area contributed by atoms with E-state index in [0.717, 1.165) is 10.9 Å². The van der Waals surface area contributed by atoms with Gasteiger partial charge in [-0.15, -0.1) is 0 Å². The minimum Gasteiger partial charge on any atom is -0.445 e. The molecule has 0 bridgehead atoms. The summed E-state index contributed by atoms with van der Waals surface area (Å²) in [5.41, 5.74) is 5.83. The van der Waals surface area contributed by atoms with Gasteiger partial charge in [0.25, 0.3) is 0 Å². The lowest BCUT2D eigenvalue weighted by molar-refractivity contribution is 0.150. The molecule has 2 aromatic rings. The second-order valence-corrected chi connectivity index (χ2v) is 3.29. The van der Waals surface area contributed by atoms with Crippen molar-refractivity contribution >= 4 is 16.9 Å². The van der Waals surface area contributed by atoms with E-state index in [0.29, 0.717) is 0 Å². The van der Waals surface area contributed by atoms with Crippen LogP contribution in [0.1, 0.15) is 5.56 Å². The summed E-state index contributed by atoms with van der Waals surface area (Å²) in [5, 5.41) is 2.29. The lowest BCUT2D eigenvalue weighted by Crippen LogP contribution is -2.12. The fourth-order valence-electron chi connectivity index (χ4n) is 1.48. The van der Waals surface area contributed by atoms with Gasteiger partial charge in [0.2, 0.25) is 0 Å². The maximum absolute atomic E-state index is 10.4. The maximum atomic E-state index is 10.4. The highest BCUT2D eigenvalue weighted by Gasteiger charge is 1.98. The van der Waals surface area contributed by atoms with Crippen molar-refractivity contribution in [3.05, 3.63) is 48.0 Å². The molecule has 0 radical (unpaired) electrons. The number of amides is 1. The van der Waals surface area contributed by atoms with Crippen molar-refractivity contribution in [1.82, 2.24) is 0 Å². The molecule has 0 unspecified atom stereocenters. The van der Waals surface area contributed by atoms with Crippen molar-refractivity contribution in [2.75, 3.05) is 0 Å². The van der Waals surface area contributed by atoms with Gasteiger partial charge in [-0.25, -0.2) is 4.79 Å². The summed E-state index contributed by atoms with van der Waals surface area (Å²) >= 11 is 0. The first-order chi connectivity index (χ1) is 7.25. The lowest BCUT2D eigenvalue weighted by atomic mass is 10.1. The third-order valence-electron chi connectivity index (χ3n) is 2.19. The number of hydrogen-bond donors (Lipinski definition) is 1. The molecule has 0 saturated carbocycles. The number of hydrogen-bond acceptors (Lipinski definition) is 2. The zero-order chi connectivity index (χ0) is 10.7. The van der Waals surface area contributed by atoms with Crippen LogP contribution in [0.5, 0.6) is 0 Å².